The van der Waals surface area contributed by atoms with Crippen molar-refractivity contribution in [3.8, 4) is 0 Å². The molecular weight excluding hydrogens is 525 g/mol. The van der Waals surface area contributed by atoms with E-state index >= 15 is 0 Å². The van der Waals surface area contributed by atoms with Crippen LogP contribution in [0.4, 0.5) is 5.82 Å². The summed E-state index contributed by atoms with van der Waals surface area (Å²) in [6.45, 7) is 8.85. The Hall–Kier alpha value is -2.19. The number of piperidine rings is 1. The summed E-state index contributed by atoms with van der Waals surface area (Å²) in [6.07, 6.45) is 18.2. The number of thioether (sulfide) groups is 1. The van der Waals surface area contributed by atoms with Gasteiger partial charge in [0.05, 0.1) is 10.5 Å². The molecule has 212 valence electrons. The Labute approximate surface area is 243 Å². The van der Waals surface area contributed by atoms with Gasteiger partial charge in [0.15, 0.2) is 0 Å². The van der Waals surface area contributed by atoms with Gasteiger partial charge in [-0.2, -0.15) is 0 Å². The lowest BCUT2D eigenvalue weighted by molar-refractivity contribution is -0.122. The van der Waals surface area contributed by atoms with Crippen molar-refractivity contribution >= 4 is 51.7 Å². The van der Waals surface area contributed by atoms with Gasteiger partial charge in [-0.3, -0.25) is 18.9 Å². The number of amides is 1. The van der Waals surface area contributed by atoms with Gasteiger partial charge in [0.1, 0.15) is 15.8 Å². The first-order valence-corrected chi connectivity index (χ1v) is 16.2. The number of aryl methyl sites for hydroxylation is 1. The van der Waals surface area contributed by atoms with Crippen LogP contribution in [0.5, 0.6) is 0 Å². The van der Waals surface area contributed by atoms with Crippen LogP contribution >= 0.6 is 24.0 Å². The number of anilines is 1. The maximum Gasteiger partial charge on any atom is 0.267 e. The van der Waals surface area contributed by atoms with E-state index in [0.717, 1.165) is 44.3 Å². The van der Waals surface area contributed by atoms with Crippen LogP contribution in [-0.4, -0.2) is 44.1 Å². The van der Waals surface area contributed by atoms with Crippen LogP contribution in [0.25, 0.3) is 11.7 Å². The molecule has 2 aromatic rings. The monoisotopic (exact) mass is 568 g/mol. The normalized spacial score (nSPS) is 17.8. The highest BCUT2D eigenvalue weighted by Crippen LogP contribution is 2.34. The molecule has 0 spiro atoms. The molecule has 0 radical (unpaired) electrons. The third-order valence-electron chi connectivity index (χ3n) is 8.03. The zero-order valence-electron chi connectivity index (χ0n) is 23.9. The Morgan fingerprint density at radius 1 is 1.03 bits per heavy atom. The number of unbranched alkanes of at least 4 members (excludes halogenated alkanes) is 9. The van der Waals surface area contributed by atoms with E-state index in [4.69, 9.17) is 17.2 Å². The summed E-state index contributed by atoms with van der Waals surface area (Å²) in [6, 6.07) is 3.84. The second kappa shape index (κ2) is 14.4. The van der Waals surface area contributed by atoms with Crippen LogP contribution in [0.1, 0.15) is 102 Å². The highest BCUT2D eigenvalue weighted by Gasteiger charge is 2.33. The van der Waals surface area contributed by atoms with Crippen LogP contribution in [-0.2, 0) is 4.79 Å². The number of thiocarbonyl (C=S) groups is 1. The number of rotatable bonds is 13. The van der Waals surface area contributed by atoms with Crippen LogP contribution in [0, 0.1) is 12.8 Å². The third kappa shape index (κ3) is 7.51. The lowest BCUT2D eigenvalue weighted by atomic mass is 9.99. The molecule has 0 atom stereocenters. The first-order chi connectivity index (χ1) is 18.9. The zero-order chi connectivity index (χ0) is 27.8. The topological polar surface area (TPSA) is 57.9 Å². The number of carbonyl (C=O) groups is 1. The van der Waals surface area contributed by atoms with E-state index in [1.54, 1.807) is 21.6 Å². The molecule has 8 heteroatoms. The summed E-state index contributed by atoms with van der Waals surface area (Å²) in [7, 11) is 0. The number of hydrogen-bond donors (Lipinski definition) is 0. The number of pyridine rings is 1. The summed E-state index contributed by atoms with van der Waals surface area (Å²) >= 11 is 6.90. The highest BCUT2D eigenvalue weighted by molar-refractivity contribution is 8.26. The molecule has 4 heterocycles. The van der Waals surface area contributed by atoms with Crippen molar-refractivity contribution in [3.05, 3.63) is 44.7 Å². The summed E-state index contributed by atoms with van der Waals surface area (Å²) in [4.78, 5) is 36.5. The maximum absolute atomic E-state index is 13.7. The average molecular weight is 569 g/mol. The number of aromatic nitrogens is 2. The van der Waals surface area contributed by atoms with Gasteiger partial charge in [0, 0.05) is 25.8 Å². The average Bonchev–Trinajstić information content (AvgIpc) is 3.19. The second-order valence-electron chi connectivity index (χ2n) is 11.2. The molecule has 4 rings (SSSR count). The van der Waals surface area contributed by atoms with Crippen molar-refractivity contribution in [3.63, 3.8) is 0 Å². The SMILES string of the molecule is CCCCCCCCCCCCN1C(=O)/C(=C\c2c(N3CCC(C)CC3)nc3c(C)cccn3c2=O)SC1=S. The summed E-state index contributed by atoms with van der Waals surface area (Å²) in [5.74, 6) is 1.25. The minimum atomic E-state index is -0.141. The van der Waals surface area contributed by atoms with E-state index in [9.17, 15) is 9.59 Å². The predicted octanol–water partition coefficient (Wildman–Crippen LogP) is 7.36. The molecule has 39 heavy (non-hydrogen) atoms. The zero-order valence-corrected chi connectivity index (χ0v) is 25.5. The molecule has 2 aromatic heterocycles. The fourth-order valence-electron chi connectivity index (χ4n) is 5.47. The van der Waals surface area contributed by atoms with Crippen LogP contribution in [0.15, 0.2) is 28.0 Å². The van der Waals surface area contributed by atoms with Gasteiger partial charge in [-0.05, 0) is 49.8 Å². The van der Waals surface area contributed by atoms with Crippen LogP contribution in [0.2, 0.25) is 0 Å². The molecule has 0 aromatic carbocycles. The van der Waals surface area contributed by atoms with Gasteiger partial charge in [-0.1, -0.05) is 102 Å². The van der Waals surface area contributed by atoms with Gasteiger partial charge < -0.3 is 4.90 Å². The predicted molar refractivity (Wildman–Crippen MR) is 169 cm³/mol. The standard InChI is InChI=1S/C31H44N4O2S2/c1-4-5-6-7-8-9-10-11-12-13-18-35-30(37)26(39-31(35)38)22-25-28(33-20-16-23(2)17-21-33)32-27-24(3)15-14-19-34(27)29(25)36/h14-15,19,22-23H,4-13,16-18,20-21H2,1-3H3/b26-22+. The molecular formula is C31H44N4O2S2. The fourth-order valence-corrected chi connectivity index (χ4v) is 6.76. The maximum atomic E-state index is 13.7. The molecule has 0 bridgehead atoms. The molecule has 0 N–H and O–H groups in total. The van der Waals surface area contributed by atoms with Gasteiger partial charge >= 0.3 is 0 Å². The largest absolute Gasteiger partial charge is 0.356 e. The molecule has 2 fully saturated rings. The van der Waals surface area contributed by atoms with E-state index in [0.29, 0.717) is 38.7 Å². The molecule has 0 aliphatic carbocycles. The number of fused-ring (bicyclic) bond motifs is 1. The van der Waals surface area contributed by atoms with Crippen LogP contribution in [0.3, 0.4) is 0 Å². The van der Waals surface area contributed by atoms with Gasteiger partial charge in [0.2, 0.25) is 0 Å². The van der Waals surface area contributed by atoms with Crippen molar-refractivity contribution in [2.75, 3.05) is 24.5 Å². The Morgan fingerprint density at radius 3 is 2.33 bits per heavy atom. The van der Waals surface area contributed by atoms with Crippen molar-refractivity contribution in [2.24, 2.45) is 5.92 Å². The second-order valence-corrected chi connectivity index (χ2v) is 12.9. The van der Waals surface area contributed by atoms with Gasteiger partial charge in [-0.15, -0.1) is 0 Å². The van der Waals surface area contributed by atoms with E-state index in [2.05, 4.69) is 18.7 Å². The van der Waals surface area contributed by atoms with E-state index in [-0.39, 0.29) is 11.5 Å². The molecule has 1 amide bonds. The smallest absolute Gasteiger partial charge is 0.267 e. The third-order valence-corrected chi connectivity index (χ3v) is 9.41. The van der Waals surface area contributed by atoms with Crippen molar-refractivity contribution in [2.45, 2.75) is 97.8 Å². The summed E-state index contributed by atoms with van der Waals surface area (Å²) in [5.41, 5.74) is 1.96. The minimum absolute atomic E-state index is 0.0899. The Balaban J connectivity index is 1.45. The van der Waals surface area contributed by atoms with Crippen LogP contribution < -0.4 is 10.5 Å². The lowest BCUT2D eigenvalue weighted by Gasteiger charge is -2.32. The van der Waals surface area contributed by atoms with E-state index in [1.165, 1.54) is 63.1 Å². The quantitative estimate of drug-likeness (QED) is 0.143. The lowest BCUT2D eigenvalue weighted by Crippen LogP contribution is -2.36. The molecule has 2 aliphatic rings. The minimum Gasteiger partial charge on any atom is -0.356 e. The molecule has 2 aliphatic heterocycles. The Kier molecular flexibility index (Phi) is 11.0. The van der Waals surface area contributed by atoms with Gasteiger partial charge in [-0.25, -0.2) is 4.98 Å². The van der Waals surface area contributed by atoms with Crippen molar-refractivity contribution in [1.82, 2.24) is 14.3 Å². The number of hydrogen-bond acceptors (Lipinski definition) is 6. The van der Waals surface area contributed by atoms with E-state index in [1.807, 2.05) is 19.1 Å². The molecule has 0 saturated carbocycles. The van der Waals surface area contributed by atoms with E-state index < -0.39 is 0 Å². The van der Waals surface area contributed by atoms with Crippen molar-refractivity contribution in [1.29, 1.82) is 0 Å². The Bertz CT molecular complexity index is 1250. The first-order valence-electron chi connectivity index (χ1n) is 14.9. The fraction of sp³-hybridized carbons (Fsp3) is 0.613. The Morgan fingerprint density at radius 2 is 1.67 bits per heavy atom. The number of carbonyl (C=O) groups excluding carboxylic acids is 1. The number of nitrogens with zero attached hydrogens (tertiary/aromatic N) is 4. The molecule has 2 saturated heterocycles. The van der Waals surface area contributed by atoms with Crippen molar-refractivity contribution < 1.29 is 4.79 Å². The highest BCUT2D eigenvalue weighted by atomic mass is 32.2. The summed E-state index contributed by atoms with van der Waals surface area (Å²) in [5, 5.41) is 0. The summed E-state index contributed by atoms with van der Waals surface area (Å²) < 4.78 is 2.18. The first kappa shape index (κ1) is 29.8. The molecule has 6 nitrogen and oxygen atoms in total. The molecule has 0 unspecified atom stereocenters. The van der Waals surface area contributed by atoms with Gasteiger partial charge in [0.25, 0.3) is 11.5 Å².